The highest BCUT2D eigenvalue weighted by molar-refractivity contribution is 6.30. The summed E-state index contributed by atoms with van der Waals surface area (Å²) in [6.45, 7) is 5.09. The number of nitrogens with one attached hydrogen (secondary N) is 2. The van der Waals surface area contributed by atoms with E-state index in [-0.39, 0.29) is 11.3 Å². The average molecular weight is 281 g/mol. The van der Waals surface area contributed by atoms with Crippen molar-refractivity contribution in [3.05, 3.63) is 34.9 Å². The van der Waals surface area contributed by atoms with Crippen LogP contribution in [0.5, 0.6) is 0 Å². The SMILES string of the molecule is CC1(CNC(=O)Cc2cccc(Cl)c2)CCNCC1. The third-order valence-electron chi connectivity index (χ3n) is 3.78. The molecule has 1 amide bonds. The molecule has 1 fully saturated rings. The van der Waals surface area contributed by atoms with Crippen molar-refractivity contribution in [2.24, 2.45) is 5.41 Å². The van der Waals surface area contributed by atoms with Crippen LogP contribution in [0.2, 0.25) is 5.02 Å². The van der Waals surface area contributed by atoms with Gasteiger partial charge in [0.25, 0.3) is 0 Å². The summed E-state index contributed by atoms with van der Waals surface area (Å²) in [4.78, 5) is 11.9. The predicted molar refractivity (Wildman–Crippen MR) is 78.4 cm³/mol. The predicted octanol–water partition coefficient (Wildman–Crippen LogP) is 2.39. The Kier molecular flexibility index (Phi) is 4.83. The highest BCUT2D eigenvalue weighted by Crippen LogP contribution is 2.26. The molecule has 4 heteroatoms. The lowest BCUT2D eigenvalue weighted by molar-refractivity contribution is -0.121. The number of carbonyl (C=O) groups excluding carboxylic acids is 1. The van der Waals surface area contributed by atoms with Crippen molar-refractivity contribution in [2.45, 2.75) is 26.2 Å². The zero-order valence-corrected chi connectivity index (χ0v) is 12.1. The number of rotatable bonds is 4. The number of hydrogen-bond acceptors (Lipinski definition) is 2. The number of carbonyl (C=O) groups is 1. The van der Waals surface area contributed by atoms with Crippen LogP contribution in [0.25, 0.3) is 0 Å². The highest BCUT2D eigenvalue weighted by Gasteiger charge is 2.26. The molecule has 1 aromatic rings. The molecule has 1 heterocycles. The van der Waals surface area contributed by atoms with Gasteiger partial charge in [0.2, 0.25) is 5.91 Å². The monoisotopic (exact) mass is 280 g/mol. The maximum Gasteiger partial charge on any atom is 0.224 e. The first kappa shape index (κ1) is 14.4. The molecule has 19 heavy (non-hydrogen) atoms. The first-order valence-corrected chi connectivity index (χ1v) is 7.17. The van der Waals surface area contributed by atoms with E-state index in [1.165, 1.54) is 0 Å². The summed E-state index contributed by atoms with van der Waals surface area (Å²) in [5, 5.41) is 7.07. The molecule has 104 valence electrons. The quantitative estimate of drug-likeness (QED) is 0.889. The summed E-state index contributed by atoms with van der Waals surface area (Å²) in [6, 6.07) is 7.46. The third-order valence-corrected chi connectivity index (χ3v) is 4.01. The Bertz CT molecular complexity index is 442. The molecule has 1 aliphatic heterocycles. The lowest BCUT2D eigenvalue weighted by atomic mass is 9.81. The molecule has 1 aliphatic rings. The maximum atomic E-state index is 11.9. The van der Waals surface area contributed by atoms with E-state index in [2.05, 4.69) is 17.6 Å². The fourth-order valence-electron chi connectivity index (χ4n) is 2.41. The molecule has 2 rings (SSSR count). The summed E-state index contributed by atoms with van der Waals surface area (Å²) in [6.07, 6.45) is 2.63. The Morgan fingerprint density at radius 1 is 1.42 bits per heavy atom. The van der Waals surface area contributed by atoms with Crippen molar-refractivity contribution in [3.8, 4) is 0 Å². The lowest BCUT2D eigenvalue weighted by Gasteiger charge is -2.34. The smallest absolute Gasteiger partial charge is 0.224 e. The fourth-order valence-corrected chi connectivity index (χ4v) is 2.63. The fraction of sp³-hybridized carbons (Fsp3) is 0.533. The second kappa shape index (κ2) is 6.40. The molecule has 0 aliphatic carbocycles. The molecule has 0 radical (unpaired) electrons. The Hall–Kier alpha value is -1.06. The molecule has 0 bridgehead atoms. The lowest BCUT2D eigenvalue weighted by Crippen LogP contribution is -2.43. The molecular weight excluding hydrogens is 260 g/mol. The number of benzene rings is 1. The van der Waals surface area contributed by atoms with Gasteiger partial charge in [-0.1, -0.05) is 30.7 Å². The second-order valence-corrected chi connectivity index (χ2v) is 6.08. The number of halogens is 1. The molecular formula is C15H21ClN2O. The normalized spacial score (nSPS) is 18.0. The largest absolute Gasteiger partial charge is 0.355 e. The molecule has 2 N–H and O–H groups in total. The number of hydrogen-bond donors (Lipinski definition) is 2. The van der Waals surface area contributed by atoms with E-state index in [0.29, 0.717) is 11.4 Å². The van der Waals surface area contributed by atoms with Crippen LogP contribution in [-0.4, -0.2) is 25.5 Å². The van der Waals surface area contributed by atoms with Gasteiger partial charge in [0, 0.05) is 11.6 Å². The van der Waals surface area contributed by atoms with Gasteiger partial charge in [-0.25, -0.2) is 0 Å². The molecule has 0 aromatic heterocycles. The topological polar surface area (TPSA) is 41.1 Å². The van der Waals surface area contributed by atoms with Crippen molar-refractivity contribution in [1.29, 1.82) is 0 Å². The summed E-state index contributed by atoms with van der Waals surface area (Å²) >= 11 is 5.91. The third kappa shape index (κ3) is 4.51. The van der Waals surface area contributed by atoms with Crippen molar-refractivity contribution >= 4 is 17.5 Å². The molecule has 0 atom stereocenters. The van der Waals surface area contributed by atoms with E-state index in [0.717, 1.165) is 38.0 Å². The molecule has 0 unspecified atom stereocenters. The Labute approximate surface area is 119 Å². The van der Waals surface area contributed by atoms with Crippen LogP contribution in [0.1, 0.15) is 25.3 Å². The molecule has 0 saturated carbocycles. The van der Waals surface area contributed by atoms with Crippen molar-refractivity contribution in [2.75, 3.05) is 19.6 Å². The molecule has 1 saturated heterocycles. The Morgan fingerprint density at radius 3 is 2.84 bits per heavy atom. The average Bonchev–Trinajstić information content (AvgIpc) is 2.38. The van der Waals surface area contributed by atoms with E-state index in [1.807, 2.05) is 24.3 Å². The first-order chi connectivity index (χ1) is 9.07. The minimum atomic E-state index is 0.0713. The van der Waals surface area contributed by atoms with Gasteiger partial charge < -0.3 is 10.6 Å². The first-order valence-electron chi connectivity index (χ1n) is 6.79. The summed E-state index contributed by atoms with van der Waals surface area (Å²) in [5.41, 5.74) is 1.19. The molecule has 0 spiro atoms. The van der Waals surface area contributed by atoms with E-state index in [1.54, 1.807) is 0 Å². The van der Waals surface area contributed by atoms with E-state index in [9.17, 15) is 4.79 Å². The minimum absolute atomic E-state index is 0.0713. The van der Waals surface area contributed by atoms with Crippen molar-refractivity contribution in [3.63, 3.8) is 0 Å². The standard InChI is InChI=1S/C15H21ClN2O/c1-15(5-7-17-8-6-15)11-18-14(19)10-12-3-2-4-13(16)9-12/h2-4,9,17H,5-8,10-11H2,1H3,(H,18,19). The Morgan fingerprint density at radius 2 is 2.16 bits per heavy atom. The van der Waals surface area contributed by atoms with Crippen LogP contribution in [0, 0.1) is 5.41 Å². The molecule has 1 aromatic carbocycles. The minimum Gasteiger partial charge on any atom is -0.355 e. The van der Waals surface area contributed by atoms with Crippen LogP contribution >= 0.6 is 11.6 Å². The second-order valence-electron chi connectivity index (χ2n) is 5.64. The number of piperidine rings is 1. The van der Waals surface area contributed by atoms with E-state index < -0.39 is 0 Å². The molecule has 3 nitrogen and oxygen atoms in total. The van der Waals surface area contributed by atoms with E-state index >= 15 is 0 Å². The van der Waals surface area contributed by atoms with Crippen LogP contribution in [0.15, 0.2) is 24.3 Å². The van der Waals surface area contributed by atoms with Crippen molar-refractivity contribution < 1.29 is 4.79 Å². The van der Waals surface area contributed by atoms with Gasteiger partial charge in [-0.15, -0.1) is 0 Å². The zero-order chi connectivity index (χ0) is 13.7. The maximum absolute atomic E-state index is 11.9. The van der Waals surface area contributed by atoms with E-state index in [4.69, 9.17) is 11.6 Å². The van der Waals surface area contributed by atoms with Gasteiger partial charge in [0.05, 0.1) is 6.42 Å². The van der Waals surface area contributed by atoms with Crippen molar-refractivity contribution in [1.82, 2.24) is 10.6 Å². The Balaban J connectivity index is 1.81. The van der Waals surface area contributed by atoms with Gasteiger partial charge in [-0.2, -0.15) is 0 Å². The summed E-state index contributed by atoms with van der Waals surface area (Å²) in [7, 11) is 0. The van der Waals surface area contributed by atoms with Gasteiger partial charge >= 0.3 is 0 Å². The van der Waals surface area contributed by atoms with Gasteiger partial charge in [0.1, 0.15) is 0 Å². The van der Waals surface area contributed by atoms with Gasteiger partial charge in [0.15, 0.2) is 0 Å². The van der Waals surface area contributed by atoms with Gasteiger partial charge in [-0.05, 0) is 49.0 Å². The summed E-state index contributed by atoms with van der Waals surface area (Å²) < 4.78 is 0. The summed E-state index contributed by atoms with van der Waals surface area (Å²) in [5.74, 6) is 0.0713. The van der Waals surface area contributed by atoms with Crippen LogP contribution in [-0.2, 0) is 11.2 Å². The number of amides is 1. The van der Waals surface area contributed by atoms with Crippen LogP contribution in [0.4, 0.5) is 0 Å². The van der Waals surface area contributed by atoms with Crippen LogP contribution < -0.4 is 10.6 Å². The zero-order valence-electron chi connectivity index (χ0n) is 11.3. The van der Waals surface area contributed by atoms with Gasteiger partial charge in [-0.3, -0.25) is 4.79 Å². The highest BCUT2D eigenvalue weighted by atomic mass is 35.5. The van der Waals surface area contributed by atoms with Crippen LogP contribution in [0.3, 0.4) is 0 Å².